The summed E-state index contributed by atoms with van der Waals surface area (Å²) in [7, 11) is 0. The highest BCUT2D eigenvalue weighted by Crippen LogP contribution is 2.44. The molecule has 23 heavy (non-hydrogen) atoms. The molecule has 4 rings (SSSR count). The molecule has 0 radical (unpaired) electrons. The molecule has 1 N–H and O–H groups in total. The van der Waals surface area contributed by atoms with Gasteiger partial charge in [-0.25, -0.2) is 0 Å². The van der Waals surface area contributed by atoms with Crippen molar-refractivity contribution < 1.29 is 9.59 Å². The van der Waals surface area contributed by atoms with E-state index < -0.39 is 0 Å². The number of nitrogens with one attached hydrogen (secondary N) is 1. The molecule has 1 atom stereocenters. The van der Waals surface area contributed by atoms with Crippen LogP contribution >= 0.6 is 0 Å². The number of amides is 2. The first-order chi connectivity index (χ1) is 11.1. The van der Waals surface area contributed by atoms with Crippen molar-refractivity contribution >= 4 is 23.2 Å². The standard InChI is InChI=1S/C19H18N2O2/c1-12-16-11-15(20-18(22)13-6-3-2-4-7-13)10-14-8-5-9-21(17(14)16)19(12)23/h2-4,6-7,10-12H,5,8-9H2,1H3,(H,20,22)/t12-/m0/s1. The van der Waals surface area contributed by atoms with Crippen LogP contribution in [0, 0.1) is 0 Å². The Morgan fingerprint density at radius 2 is 2.00 bits per heavy atom. The molecule has 0 unspecified atom stereocenters. The predicted octanol–water partition coefficient (Wildman–Crippen LogP) is 3.34. The van der Waals surface area contributed by atoms with E-state index in [0.717, 1.165) is 41.9 Å². The average molecular weight is 306 g/mol. The number of anilines is 2. The summed E-state index contributed by atoms with van der Waals surface area (Å²) in [5, 5.41) is 2.97. The van der Waals surface area contributed by atoms with E-state index in [1.54, 1.807) is 12.1 Å². The lowest BCUT2D eigenvalue weighted by Gasteiger charge is -2.26. The lowest BCUT2D eigenvalue weighted by atomic mass is 9.96. The SMILES string of the molecule is C[C@@H]1C(=O)N2CCCc3cc(NC(=O)c4ccccc4)cc1c32. The number of hydrogen-bond acceptors (Lipinski definition) is 2. The Labute approximate surface area is 135 Å². The second kappa shape index (κ2) is 5.23. The summed E-state index contributed by atoms with van der Waals surface area (Å²) in [5.74, 6) is -0.0784. The Kier molecular flexibility index (Phi) is 3.18. The van der Waals surface area contributed by atoms with Gasteiger partial charge in [0.15, 0.2) is 0 Å². The van der Waals surface area contributed by atoms with E-state index in [2.05, 4.69) is 5.32 Å². The summed E-state index contributed by atoms with van der Waals surface area (Å²) < 4.78 is 0. The van der Waals surface area contributed by atoms with Crippen LogP contribution in [0.15, 0.2) is 42.5 Å². The van der Waals surface area contributed by atoms with Gasteiger partial charge in [-0.05, 0) is 55.2 Å². The van der Waals surface area contributed by atoms with Crippen molar-refractivity contribution in [2.24, 2.45) is 0 Å². The van der Waals surface area contributed by atoms with Crippen LogP contribution in [0.4, 0.5) is 11.4 Å². The number of benzene rings is 2. The Morgan fingerprint density at radius 1 is 1.22 bits per heavy atom. The maximum absolute atomic E-state index is 12.4. The van der Waals surface area contributed by atoms with Crippen LogP contribution in [0.1, 0.15) is 40.7 Å². The van der Waals surface area contributed by atoms with Crippen molar-refractivity contribution in [3.8, 4) is 0 Å². The van der Waals surface area contributed by atoms with Crippen LogP contribution in [-0.2, 0) is 11.2 Å². The third-order valence-electron chi connectivity index (χ3n) is 4.71. The molecule has 2 amide bonds. The van der Waals surface area contributed by atoms with Gasteiger partial charge < -0.3 is 10.2 Å². The minimum Gasteiger partial charge on any atom is -0.322 e. The van der Waals surface area contributed by atoms with Crippen LogP contribution in [-0.4, -0.2) is 18.4 Å². The molecule has 2 aliphatic heterocycles. The van der Waals surface area contributed by atoms with Crippen LogP contribution in [0.3, 0.4) is 0 Å². The van der Waals surface area contributed by atoms with E-state index in [1.165, 1.54) is 0 Å². The molecule has 0 aliphatic carbocycles. The lowest BCUT2D eigenvalue weighted by molar-refractivity contribution is -0.119. The van der Waals surface area contributed by atoms with Gasteiger partial charge in [0.1, 0.15) is 0 Å². The summed E-state index contributed by atoms with van der Waals surface area (Å²) in [6.07, 6.45) is 1.93. The van der Waals surface area contributed by atoms with Gasteiger partial charge in [0, 0.05) is 17.8 Å². The molecular weight excluding hydrogens is 288 g/mol. The first kappa shape index (κ1) is 14.0. The lowest BCUT2D eigenvalue weighted by Crippen LogP contribution is -2.32. The van der Waals surface area contributed by atoms with Gasteiger partial charge in [-0.3, -0.25) is 9.59 Å². The molecule has 0 saturated carbocycles. The highest BCUT2D eigenvalue weighted by molar-refractivity contribution is 6.08. The topological polar surface area (TPSA) is 49.4 Å². The highest BCUT2D eigenvalue weighted by atomic mass is 16.2. The number of rotatable bonds is 2. The van der Waals surface area contributed by atoms with Crippen molar-refractivity contribution in [1.29, 1.82) is 0 Å². The third-order valence-corrected chi connectivity index (χ3v) is 4.71. The van der Waals surface area contributed by atoms with Gasteiger partial charge in [0.05, 0.1) is 11.6 Å². The third kappa shape index (κ3) is 2.22. The van der Waals surface area contributed by atoms with Crippen LogP contribution in [0.5, 0.6) is 0 Å². The van der Waals surface area contributed by atoms with E-state index in [1.807, 2.05) is 42.2 Å². The number of aryl methyl sites for hydroxylation is 1. The largest absolute Gasteiger partial charge is 0.322 e. The number of nitrogens with zero attached hydrogens (tertiary/aromatic N) is 1. The fraction of sp³-hybridized carbons (Fsp3) is 0.263. The zero-order valence-corrected chi connectivity index (χ0v) is 13.0. The summed E-state index contributed by atoms with van der Waals surface area (Å²) in [6, 6.07) is 13.1. The Balaban J connectivity index is 1.70. The second-order valence-electron chi connectivity index (χ2n) is 6.21. The van der Waals surface area contributed by atoms with E-state index in [0.29, 0.717) is 5.56 Å². The molecule has 2 aromatic carbocycles. The Bertz CT molecular complexity index is 799. The molecule has 0 spiro atoms. The molecule has 0 saturated heterocycles. The first-order valence-electron chi connectivity index (χ1n) is 8.00. The van der Waals surface area contributed by atoms with Crippen molar-refractivity contribution in [1.82, 2.24) is 0 Å². The Morgan fingerprint density at radius 3 is 2.78 bits per heavy atom. The van der Waals surface area contributed by atoms with Gasteiger partial charge in [0.25, 0.3) is 5.91 Å². The molecule has 0 aromatic heterocycles. The first-order valence-corrected chi connectivity index (χ1v) is 8.00. The van der Waals surface area contributed by atoms with Crippen molar-refractivity contribution in [3.05, 3.63) is 59.2 Å². The van der Waals surface area contributed by atoms with Gasteiger partial charge in [-0.2, -0.15) is 0 Å². The predicted molar refractivity (Wildman–Crippen MR) is 89.9 cm³/mol. The van der Waals surface area contributed by atoms with Gasteiger partial charge in [-0.15, -0.1) is 0 Å². The van der Waals surface area contributed by atoms with E-state index in [-0.39, 0.29) is 17.7 Å². The molecule has 116 valence electrons. The molecule has 2 aliphatic rings. The fourth-order valence-corrected chi connectivity index (χ4v) is 3.56. The van der Waals surface area contributed by atoms with E-state index in [9.17, 15) is 9.59 Å². The molecule has 0 bridgehead atoms. The highest BCUT2D eigenvalue weighted by Gasteiger charge is 2.37. The summed E-state index contributed by atoms with van der Waals surface area (Å²) in [5.41, 5.74) is 4.68. The number of hydrogen-bond donors (Lipinski definition) is 1. The van der Waals surface area contributed by atoms with Crippen LogP contribution < -0.4 is 10.2 Å². The van der Waals surface area contributed by atoms with Crippen molar-refractivity contribution in [3.63, 3.8) is 0 Å². The van der Waals surface area contributed by atoms with Gasteiger partial charge >= 0.3 is 0 Å². The fourth-order valence-electron chi connectivity index (χ4n) is 3.56. The quantitative estimate of drug-likeness (QED) is 0.925. The molecule has 4 heteroatoms. The minimum absolute atomic E-state index is 0.123. The molecule has 0 fully saturated rings. The van der Waals surface area contributed by atoms with Crippen LogP contribution in [0.2, 0.25) is 0 Å². The Hall–Kier alpha value is -2.62. The van der Waals surface area contributed by atoms with E-state index in [4.69, 9.17) is 0 Å². The zero-order chi connectivity index (χ0) is 16.0. The summed E-state index contributed by atoms with van der Waals surface area (Å²) in [4.78, 5) is 26.6. The van der Waals surface area contributed by atoms with Crippen molar-refractivity contribution in [2.45, 2.75) is 25.7 Å². The molecule has 2 aromatic rings. The number of carbonyl (C=O) groups excluding carboxylic acids is 2. The van der Waals surface area contributed by atoms with Gasteiger partial charge in [0.2, 0.25) is 5.91 Å². The minimum atomic E-state index is -0.129. The second-order valence-corrected chi connectivity index (χ2v) is 6.21. The monoisotopic (exact) mass is 306 g/mol. The normalized spacial score (nSPS) is 18.7. The van der Waals surface area contributed by atoms with Crippen molar-refractivity contribution in [2.75, 3.05) is 16.8 Å². The van der Waals surface area contributed by atoms with E-state index >= 15 is 0 Å². The maximum Gasteiger partial charge on any atom is 0.255 e. The summed E-state index contributed by atoms with van der Waals surface area (Å²) >= 11 is 0. The maximum atomic E-state index is 12.4. The molecular formula is C19H18N2O2. The molecule has 2 heterocycles. The smallest absolute Gasteiger partial charge is 0.255 e. The zero-order valence-electron chi connectivity index (χ0n) is 13.0. The molecule has 4 nitrogen and oxygen atoms in total. The van der Waals surface area contributed by atoms with Gasteiger partial charge in [-0.1, -0.05) is 18.2 Å². The summed E-state index contributed by atoms with van der Waals surface area (Å²) in [6.45, 7) is 2.75. The number of carbonyl (C=O) groups is 2. The van der Waals surface area contributed by atoms with Crippen LogP contribution in [0.25, 0.3) is 0 Å². The average Bonchev–Trinajstić information content (AvgIpc) is 2.82.